The monoisotopic (exact) mass is 357 g/mol. The molecular formula is C17H22F3N3O2. The zero-order chi connectivity index (χ0) is 18.8. The number of rotatable bonds is 2. The van der Waals surface area contributed by atoms with Gasteiger partial charge in [-0.3, -0.25) is 9.48 Å². The molecule has 0 radical (unpaired) electrons. The maximum absolute atomic E-state index is 12.7. The summed E-state index contributed by atoms with van der Waals surface area (Å²) in [5.41, 5.74) is 1.45. The van der Waals surface area contributed by atoms with Crippen molar-refractivity contribution < 1.29 is 22.7 Å². The Balaban J connectivity index is 2.35. The molecule has 8 heteroatoms. The highest BCUT2D eigenvalue weighted by Crippen LogP contribution is 2.30. The number of aromatic nitrogens is 2. The molecule has 0 aromatic carbocycles. The Bertz CT molecular complexity index is 698. The largest absolute Gasteiger partial charge is 0.408 e. The highest BCUT2D eigenvalue weighted by molar-refractivity contribution is 5.94. The molecule has 1 aromatic heterocycles. The van der Waals surface area contributed by atoms with E-state index in [1.165, 1.54) is 0 Å². The number of morpholine rings is 1. The number of ether oxygens (including phenoxy) is 1. The van der Waals surface area contributed by atoms with Crippen molar-refractivity contribution in [2.45, 2.75) is 46.5 Å². The van der Waals surface area contributed by atoms with Gasteiger partial charge in [0.1, 0.15) is 6.54 Å². The second-order valence-electron chi connectivity index (χ2n) is 6.37. The molecule has 1 amide bonds. The van der Waals surface area contributed by atoms with E-state index in [-0.39, 0.29) is 18.4 Å². The van der Waals surface area contributed by atoms with E-state index in [0.29, 0.717) is 30.1 Å². The number of hydrogen-bond acceptors (Lipinski definition) is 3. The number of alkyl halides is 3. The van der Waals surface area contributed by atoms with Crippen LogP contribution in [0.15, 0.2) is 0 Å². The summed E-state index contributed by atoms with van der Waals surface area (Å²) < 4.78 is 44.5. The Labute approximate surface area is 145 Å². The van der Waals surface area contributed by atoms with E-state index < -0.39 is 18.8 Å². The van der Waals surface area contributed by atoms with Crippen LogP contribution in [0, 0.1) is 31.6 Å². The average molecular weight is 357 g/mol. The third kappa shape index (κ3) is 4.75. The minimum Gasteiger partial charge on any atom is -0.377 e. The lowest BCUT2D eigenvalue weighted by Gasteiger charge is -2.34. The number of carbonyl (C=O) groups is 1. The molecule has 2 rings (SSSR count). The summed E-state index contributed by atoms with van der Waals surface area (Å²) in [6, 6.07) is -0.482. The van der Waals surface area contributed by atoms with Crippen molar-refractivity contribution in [1.29, 1.82) is 0 Å². The summed E-state index contributed by atoms with van der Waals surface area (Å²) in [7, 11) is 0. The van der Waals surface area contributed by atoms with Gasteiger partial charge in [-0.1, -0.05) is 19.8 Å². The first-order valence-electron chi connectivity index (χ1n) is 8.10. The molecule has 1 aliphatic rings. The summed E-state index contributed by atoms with van der Waals surface area (Å²) >= 11 is 0. The number of amides is 1. The van der Waals surface area contributed by atoms with E-state index in [9.17, 15) is 18.0 Å². The summed E-state index contributed by atoms with van der Waals surface area (Å²) in [6.45, 7) is 6.77. The fraction of sp³-hybridized carbons (Fsp3) is 0.647. The smallest absolute Gasteiger partial charge is 0.377 e. The molecule has 1 saturated heterocycles. The molecule has 0 N–H and O–H groups in total. The summed E-state index contributed by atoms with van der Waals surface area (Å²) in [6.07, 6.45) is -4.36. The van der Waals surface area contributed by atoms with Gasteiger partial charge >= 0.3 is 6.18 Å². The number of hydrogen-bond donors (Lipinski definition) is 0. The number of carbonyl (C=O) groups excluding carboxylic acids is 1. The van der Waals surface area contributed by atoms with Gasteiger partial charge in [-0.2, -0.15) is 18.3 Å². The molecular weight excluding hydrogens is 335 g/mol. The van der Waals surface area contributed by atoms with Gasteiger partial charge in [0.15, 0.2) is 0 Å². The SMILES string of the molecule is Cc1nn(CC(F)(F)F)c(C)c1C1COCCN1C(=O)C#CC(C)C. The zero-order valence-corrected chi connectivity index (χ0v) is 14.8. The van der Waals surface area contributed by atoms with Crippen LogP contribution in [0.4, 0.5) is 13.2 Å². The van der Waals surface area contributed by atoms with E-state index in [0.717, 1.165) is 4.68 Å². The first-order valence-corrected chi connectivity index (χ1v) is 8.10. The van der Waals surface area contributed by atoms with Gasteiger partial charge in [-0.05, 0) is 19.8 Å². The Morgan fingerprint density at radius 2 is 2.08 bits per heavy atom. The second kappa shape index (κ2) is 7.48. The van der Waals surface area contributed by atoms with Crippen LogP contribution in [0.5, 0.6) is 0 Å². The average Bonchev–Trinajstić information content (AvgIpc) is 2.77. The fourth-order valence-electron chi connectivity index (χ4n) is 2.88. The van der Waals surface area contributed by atoms with Crippen molar-refractivity contribution in [3.63, 3.8) is 0 Å². The van der Waals surface area contributed by atoms with Crippen LogP contribution in [-0.4, -0.2) is 46.5 Å². The standard InChI is InChI=1S/C17H22F3N3O2/c1-11(2)5-6-15(24)22-7-8-25-9-14(22)16-12(3)21-23(13(16)4)10-17(18,19)20/h11,14H,7-10H2,1-4H3. The Hall–Kier alpha value is -2.01. The molecule has 0 saturated carbocycles. The third-order valence-electron chi connectivity index (χ3n) is 3.96. The fourth-order valence-corrected chi connectivity index (χ4v) is 2.88. The van der Waals surface area contributed by atoms with Gasteiger partial charge in [0.2, 0.25) is 0 Å². The van der Waals surface area contributed by atoms with Gasteiger partial charge in [-0.25, -0.2) is 0 Å². The van der Waals surface area contributed by atoms with Crippen LogP contribution in [-0.2, 0) is 16.1 Å². The molecule has 1 unspecified atom stereocenters. The van der Waals surface area contributed by atoms with Crippen LogP contribution in [0.1, 0.15) is 36.8 Å². The predicted octanol–water partition coefficient (Wildman–Crippen LogP) is 2.62. The van der Waals surface area contributed by atoms with Crippen molar-refractivity contribution >= 4 is 5.91 Å². The number of nitrogens with zero attached hydrogens (tertiary/aromatic N) is 3. The highest BCUT2D eigenvalue weighted by Gasteiger charge is 2.35. The second-order valence-corrected chi connectivity index (χ2v) is 6.37. The normalized spacial score (nSPS) is 18.2. The first kappa shape index (κ1) is 19.3. The molecule has 5 nitrogen and oxygen atoms in total. The molecule has 138 valence electrons. The van der Waals surface area contributed by atoms with Crippen LogP contribution in [0.3, 0.4) is 0 Å². The first-order chi connectivity index (χ1) is 11.6. The van der Waals surface area contributed by atoms with Gasteiger partial charge < -0.3 is 9.64 Å². The molecule has 25 heavy (non-hydrogen) atoms. The molecule has 0 aliphatic carbocycles. The molecule has 1 fully saturated rings. The van der Waals surface area contributed by atoms with Gasteiger partial charge in [0, 0.05) is 23.7 Å². The molecule has 1 atom stereocenters. The van der Waals surface area contributed by atoms with E-state index in [1.54, 1.807) is 18.7 Å². The van der Waals surface area contributed by atoms with Crippen molar-refractivity contribution in [3.8, 4) is 11.8 Å². The zero-order valence-electron chi connectivity index (χ0n) is 14.8. The predicted molar refractivity (Wildman–Crippen MR) is 85.6 cm³/mol. The van der Waals surface area contributed by atoms with E-state index >= 15 is 0 Å². The van der Waals surface area contributed by atoms with Gasteiger partial charge in [0.05, 0.1) is 24.9 Å². The Morgan fingerprint density at radius 3 is 2.68 bits per heavy atom. The lowest BCUT2D eigenvalue weighted by atomic mass is 10.0. The number of aryl methyl sites for hydroxylation is 1. The van der Waals surface area contributed by atoms with Crippen LogP contribution in [0.25, 0.3) is 0 Å². The van der Waals surface area contributed by atoms with Gasteiger partial charge in [-0.15, -0.1) is 0 Å². The molecule has 1 aliphatic heterocycles. The quantitative estimate of drug-likeness (QED) is 0.765. The van der Waals surface area contributed by atoms with Crippen molar-refractivity contribution in [2.24, 2.45) is 5.92 Å². The minimum absolute atomic E-state index is 0.0569. The lowest BCUT2D eigenvalue weighted by molar-refractivity contribution is -0.143. The molecule has 1 aromatic rings. The Kier molecular flexibility index (Phi) is 5.78. The molecule has 0 bridgehead atoms. The number of halogens is 3. The topological polar surface area (TPSA) is 47.4 Å². The van der Waals surface area contributed by atoms with Crippen molar-refractivity contribution in [3.05, 3.63) is 17.0 Å². The van der Waals surface area contributed by atoms with E-state index in [4.69, 9.17) is 4.74 Å². The van der Waals surface area contributed by atoms with E-state index in [1.807, 2.05) is 13.8 Å². The summed E-state index contributed by atoms with van der Waals surface area (Å²) in [4.78, 5) is 14.0. The summed E-state index contributed by atoms with van der Waals surface area (Å²) in [5.74, 6) is 5.15. The summed E-state index contributed by atoms with van der Waals surface area (Å²) in [5, 5.41) is 4.01. The molecule has 2 heterocycles. The van der Waals surface area contributed by atoms with E-state index in [2.05, 4.69) is 16.9 Å². The minimum atomic E-state index is -4.36. The Morgan fingerprint density at radius 1 is 1.40 bits per heavy atom. The maximum atomic E-state index is 12.7. The van der Waals surface area contributed by atoms with Crippen LogP contribution >= 0.6 is 0 Å². The van der Waals surface area contributed by atoms with Crippen LogP contribution in [0.2, 0.25) is 0 Å². The van der Waals surface area contributed by atoms with Crippen molar-refractivity contribution in [1.82, 2.24) is 14.7 Å². The third-order valence-corrected chi connectivity index (χ3v) is 3.96. The highest BCUT2D eigenvalue weighted by atomic mass is 19.4. The van der Waals surface area contributed by atoms with Crippen molar-refractivity contribution in [2.75, 3.05) is 19.8 Å². The molecule has 0 spiro atoms. The van der Waals surface area contributed by atoms with Crippen LogP contribution < -0.4 is 0 Å². The van der Waals surface area contributed by atoms with Gasteiger partial charge in [0.25, 0.3) is 5.91 Å². The maximum Gasteiger partial charge on any atom is 0.408 e. The lowest BCUT2D eigenvalue weighted by Crippen LogP contribution is -2.43.